The van der Waals surface area contributed by atoms with Crippen molar-refractivity contribution in [2.45, 2.75) is 19.4 Å². The normalized spacial score (nSPS) is 13.5. The van der Waals surface area contributed by atoms with Crippen LogP contribution < -0.4 is 9.80 Å². The first-order chi connectivity index (χ1) is 15.6. The molecule has 1 aliphatic heterocycles. The van der Waals surface area contributed by atoms with Crippen molar-refractivity contribution in [2.24, 2.45) is 0 Å². The molecule has 0 spiro atoms. The van der Waals surface area contributed by atoms with E-state index in [9.17, 15) is 9.65 Å². The SMILES string of the molecule is CN(Cc1cncc(F)c1)c1ccc2ncc(-c3ccc(N4CCCC4)c(C#N)c3)n2n1. The lowest BCUT2D eigenvalue weighted by molar-refractivity contribution is 0.618. The Labute approximate surface area is 185 Å². The van der Waals surface area contributed by atoms with Crippen LogP contribution in [0, 0.1) is 17.1 Å². The number of nitriles is 1. The van der Waals surface area contributed by atoms with Gasteiger partial charge < -0.3 is 9.80 Å². The summed E-state index contributed by atoms with van der Waals surface area (Å²) >= 11 is 0. The third-order valence-corrected chi connectivity index (χ3v) is 5.78. The second-order valence-electron chi connectivity index (χ2n) is 8.01. The summed E-state index contributed by atoms with van der Waals surface area (Å²) in [4.78, 5) is 12.6. The molecule has 4 heterocycles. The van der Waals surface area contributed by atoms with Crippen LogP contribution in [0.25, 0.3) is 16.9 Å². The van der Waals surface area contributed by atoms with E-state index in [-0.39, 0.29) is 5.82 Å². The smallest absolute Gasteiger partial charge is 0.154 e. The van der Waals surface area contributed by atoms with Gasteiger partial charge in [-0.3, -0.25) is 4.98 Å². The third-order valence-electron chi connectivity index (χ3n) is 5.78. The number of hydrogen-bond acceptors (Lipinski definition) is 6. The third kappa shape index (κ3) is 3.73. The molecule has 32 heavy (non-hydrogen) atoms. The Bertz CT molecular complexity index is 1320. The van der Waals surface area contributed by atoms with E-state index in [1.807, 2.05) is 42.3 Å². The average Bonchev–Trinajstić information content (AvgIpc) is 3.48. The monoisotopic (exact) mass is 427 g/mol. The van der Waals surface area contributed by atoms with Crippen molar-refractivity contribution < 1.29 is 4.39 Å². The van der Waals surface area contributed by atoms with E-state index >= 15 is 0 Å². The van der Waals surface area contributed by atoms with E-state index in [0.29, 0.717) is 17.8 Å². The Hall–Kier alpha value is -3.99. The minimum Gasteiger partial charge on any atom is -0.370 e. The number of fused-ring (bicyclic) bond motifs is 1. The molecule has 0 bridgehead atoms. The first kappa shape index (κ1) is 19.9. The molecule has 4 aromatic rings. The maximum absolute atomic E-state index is 13.5. The summed E-state index contributed by atoms with van der Waals surface area (Å²) in [5.74, 6) is 0.358. The van der Waals surface area contributed by atoms with Crippen LogP contribution in [0.5, 0.6) is 0 Å². The van der Waals surface area contributed by atoms with Gasteiger partial charge in [0.1, 0.15) is 17.7 Å². The van der Waals surface area contributed by atoms with Crippen LogP contribution in [0.4, 0.5) is 15.9 Å². The van der Waals surface area contributed by atoms with Gasteiger partial charge in [0, 0.05) is 38.4 Å². The summed E-state index contributed by atoms with van der Waals surface area (Å²) in [6.45, 7) is 2.44. The molecule has 1 aliphatic rings. The number of halogens is 1. The summed E-state index contributed by atoms with van der Waals surface area (Å²) < 4.78 is 15.3. The van der Waals surface area contributed by atoms with Crippen LogP contribution in [0.15, 0.2) is 55.0 Å². The van der Waals surface area contributed by atoms with Crippen molar-refractivity contribution in [1.29, 1.82) is 5.26 Å². The Kier molecular flexibility index (Phi) is 5.15. The quantitative estimate of drug-likeness (QED) is 0.479. The minimum absolute atomic E-state index is 0.359. The number of imidazole rings is 1. The lowest BCUT2D eigenvalue weighted by atomic mass is 10.1. The Morgan fingerprint density at radius 3 is 2.72 bits per heavy atom. The van der Waals surface area contributed by atoms with Crippen LogP contribution in [0.2, 0.25) is 0 Å². The predicted molar refractivity (Wildman–Crippen MR) is 121 cm³/mol. The molecule has 8 heteroatoms. The zero-order valence-electron chi connectivity index (χ0n) is 17.7. The topological polar surface area (TPSA) is 73.4 Å². The van der Waals surface area contributed by atoms with E-state index in [2.05, 4.69) is 20.9 Å². The van der Waals surface area contributed by atoms with E-state index < -0.39 is 0 Å². The highest BCUT2D eigenvalue weighted by molar-refractivity contribution is 5.71. The molecule has 160 valence electrons. The molecule has 0 radical (unpaired) electrons. The van der Waals surface area contributed by atoms with Gasteiger partial charge in [-0.2, -0.15) is 5.26 Å². The summed E-state index contributed by atoms with van der Waals surface area (Å²) in [5.41, 5.74) is 4.82. The molecule has 0 unspecified atom stereocenters. The molecule has 3 aromatic heterocycles. The summed E-state index contributed by atoms with van der Waals surface area (Å²) in [5, 5.41) is 14.5. The van der Waals surface area contributed by atoms with Gasteiger partial charge in [0.25, 0.3) is 0 Å². The molecular formula is C24H22FN7. The van der Waals surface area contributed by atoms with E-state index in [1.165, 1.54) is 12.3 Å². The Morgan fingerprint density at radius 2 is 1.94 bits per heavy atom. The number of pyridine rings is 1. The highest BCUT2D eigenvalue weighted by Crippen LogP contribution is 2.30. The van der Waals surface area contributed by atoms with E-state index in [0.717, 1.165) is 54.3 Å². The molecule has 0 atom stereocenters. The fourth-order valence-electron chi connectivity index (χ4n) is 4.18. The lowest BCUT2D eigenvalue weighted by Crippen LogP contribution is -2.19. The maximum Gasteiger partial charge on any atom is 0.154 e. The van der Waals surface area contributed by atoms with Gasteiger partial charge in [0.05, 0.1) is 29.3 Å². The van der Waals surface area contributed by atoms with Gasteiger partial charge in [-0.15, -0.1) is 5.10 Å². The summed E-state index contributed by atoms with van der Waals surface area (Å²) in [6, 6.07) is 13.6. The van der Waals surface area contributed by atoms with E-state index in [4.69, 9.17) is 5.10 Å². The van der Waals surface area contributed by atoms with Gasteiger partial charge >= 0.3 is 0 Å². The molecule has 5 rings (SSSR count). The van der Waals surface area contributed by atoms with Crippen LogP contribution in [-0.2, 0) is 6.54 Å². The largest absolute Gasteiger partial charge is 0.370 e. The highest BCUT2D eigenvalue weighted by atomic mass is 19.1. The van der Waals surface area contributed by atoms with Gasteiger partial charge in [-0.25, -0.2) is 13.9 Å². The predicted octanol–water partition coefficient (Wildman–Crippen LogP) is 4.04. The van der Waals surface area contributed by atoms with Crippen molar-refractivity contribution in [3.05, 3.63) is 71.9 Å². The molecule has 0 saturated carbocycles. The molecule has 0 aliphatic carbocycles. The summed E-state index contributed by atoms with van der Waals surface area (Å²) in [7, 11) is 1.90. The second kappa shape index (κ2) is 8.27. The molecular weight excluding hydrogens is 405 g/mol. The lowest BCUT2D eigenvalue weighted by Gasteiger charge is -2.20. The van der Waals surface area contributed by atoms with Crippen molar-refractivity contribution in [1.82, 2.24) is 19.6 Å². The number of benzene rings is 1. The summed E-state index contributed by atoms with van der Waals surface area (Å²) in [6.07, 6.45) is 6.92. The zero-order chi connectivity index (χ0) is 22.1. The molecule has 7 nitrogen and oxygen atoms in total. The van der Waals surface area contributed by atoms with Crippen molar-refractivity contribution >= 4 is 17.2 Å². The van der Waals surface area contributed by atoms with Crippen LogP contribution in [0.1, 0.15) is 24.0 Å². The first-order valence-electron chi connectivity index (χ1n) is 10.6. The van der Waals surface area contributed by atoms with E-state index in [1.54, 1.807) is 16.9 Å². The Morgan fingerprint density at radius 1 is 1.09 bits per heavy atom. The number of anilines is 2. The van der Waals surface area contributed by atoms with Crippen molar-refractivity contribution in [2.75, 3.05) is 29.9 Å². The average molecular weight is 427 g/mol. The fourth-order valence-corrected chi connectivity index (χ4v) is 4.18. The maximum atomic E-state index is 13.5. The molecule has 1 saturated heterocycles. The van der Waals surface area contributed by atoms with Gasteiger partial charge in [0.2, 0.25) is 0 Å². The number of aromatic nitrogens is 4. The van der Waals surface area contributed by atoms with Crippen LogP contribution >= 0.6 is 0 Å². The van der Waals surface area contributed by atoms with Crippen molar-refractivity contribution in [3.63, 3.8) is 0 Å². The molecule has 0 N–H and O–H groups in total. The van der Waals surface area contributed by atoms with Gasteiger partial charge in [0.15, 0.2) is 5.65 Å². The molecule has 0 amide bonds. The van der Waals surface area contributed by atoms with Crippen LogP contribution in [0.3, 0.4) is 0 Å². The van der Waals surface area contributed by atoms with Crippen molar-refractivity contribution in [3.8, 4) is 17.3 Å². The van der Waals surface area contributed by atoms with Gasteiger partial charge in [-0.05, 0) is 48.7 Å². The highest BCUT2D eigenvalue weighted by Gasteiger charge is 2.18. The first-order valence-corrected chi connectivity index (χ1v) is 10.6. The number of hydrogen-bond donors (Lipinski definition) is 0. The molecule has 1 aromatic carbocycles. The van der Waals surface area contributed by atoms with Gasteiger partial charge in [-0.1, -0.05) is 6.07 Å². The molecule has 1 fully saturated rings. The standard InChI is InChI=1S/C24H22FN7/c1-30(16-17-10-20(25)14-27-13-17)24-7-6-23-28-15-22(32(23)29-24)18-4-5-21(19(11-18)12-26)31-8-2-3-9-31/h4-7,10-11,13-15H,2-3,8-9,16H2,1H3. The second-order valence-corrected chi connectivity index (χ2v) is 8.01. The zero-order valence-corrected chi connectivity index (χ0v) is 17.7. The minimum atomic E-state index is -0.359. The number of nitrogens with zero attached hydrogens (tertiary/aromatic N) is 7. The number of rotatable bonds is 5. The Balaban J connectivity index is 1.48. The fraction of sp³-hybridized carbons (Fsp3) is 0.250. The van der Waals surface area contributed by atoms with Crippen LogP contribution in [-0.4, -0.2) is 39.7 Å².